The minimum atomic E-state index is -0.737. The van der Waals surface area contributed by atoms with Crippen molar-refractivity contribution in [3.05, 3.63) is 24.3 Å². The predicted molar refractivity (Wildman–Crippen MR) is 102 cm³/mol. The van der Waals surface area contributed by atoms with Gasteiger partial charge in [-0.25, -0.2) is 14.6 Å². The van der Waals surface area contributed by atoms with Crippen LogP contribution in [-0.2, 0) is 9.47 Å². The van der Waals surface area contributed by atoms with E-state index >= 15 is 0 Å². The van der Waals surface area contributed by atoms with Gasteiger partial charge >= 0.3 is 12.2 Å². The molecule has 0 fully saturated rings. The number of alkyl carbamates (subject to hydrolysis) is 2. The van der Waals surface area contributed by atoms with E-state index in [9.17, 15) is 9.59 Å². The molecule has 0 saturated heterocycles. The standard InChI is InChI=1S/C18H28N4O4/c1-17(2,3)25-15(23)21-14(22-16(24)26-18(4,5)6)20-13-10-8-12(19-7)9-11-13/h8-11,19H,1-7H3,(H2,20,21,22,23,24). The van der Waals surface area contributed by atoms with E-state index in [4.69, 9.17) is 9.47 Å². The van der Waals surface area contributed by atoms with Crippen LogP contribution in [-0.4, -0.2) is 36.4 Å². The van der Waals surface area contributed by atoms with Crippen LogP contribution >= 0.6 is 0 Å². The number of guanidine groups is 1. The van der Waals surface area contributed by atoms with Crippen molar-refractivity contribution in [3.63, 3.8) is 0 Å². The van der Waals surface area contributed by atoms with Crippen LogP contribution in [0.25, 0.3) is 0 Å². The Morgan fingerprint density at radius 1 is 0.846 bits per heavy atom. The number of carbonyl (C=O) groups is 2. The van der Waals surface area contributed by atoms with Crippen LogP contribution in [0.1, 0.15) is 41.5 Å². The lowest BCUT2D eigenvalue weighted by Crippen LogP contribution is -2.47. The summed E-state index contributed by atoms with van der Waals surface area (Å²) in [6.45, 7) is 10.4. The molecule has 3 N–H and O–H groups in total. The van der Waals surface area contributed by atoms with Crippen LogP contribution in [0.5, 0.6) is 0 Å². The van der Waals surface area contributed by atoms with Crippen molar-refractivity contribution in [1.29, 1.82) is 0 Å². The molecule has 2 amide bonds. The quantitative estimate of drug-likeness (QED) is 0.548. The minimum Gasteiger partial charge on any atom is -0.444 e. The van der Waals surface area contributed by atoms with Crippen molar-refractivity contribution in [1.82, 2.24) is 10.6 Å². The molecule has 1 rings (SSSR count). The Morgan fingerprint density at radius 2 is 1.27 bits per heavy atom. The molecular weight excluding hydrogens is 336 g/mol. The Balaban J connectivity index is 2.97. The highest BCUT2D eigenvalue weighted by atomic mass is 16.6. The van der Waals surface area contributed by atoms with Gasteiger partial charge in [-0.1, -0.05) is 0 Å². The summed E-state index contributed by atoms with van der Waals surface area (Å²) in [5.74, 6) is -0.0919. The molecule has 0 radical (unpaired) electrons. The second kappa shape index (κ2) is 8.55. The van der Waals surface area contributed by atoms with Gasteiger partial charge in [0, 0.05) is 12.7 Å². The second-order valence-electron chi connectivity index (χ2n) is 7.51. The molecule has 0 saturated carbocycles. The maximum atomic E-state index is 12.0. The molecule has 0 aliphatic heterocycles. The summed E-state index contributed by atoms with van der Waals surface area (Å²) in [7, 11) is 1.80. The van der Waals surface area contributed by atoms with Gasteiger partial charge < -0.3 is 14.8 Å². The largest absolute Gasteiger partial charge is 0.444 e. The Hall–Kier alpha value is -2.77. The van der Waals surface area contributed by atoms with Crippen LogP contribution in [0.15, 0.2) is 29.3 Å². The summed E-state index contributed by atoms with van der Waals surface area (Å²) in [6.07, 6.45) is -1.47. The van der Waals surface area contributed by atoms with Gasteiger partial charge in [-0.2, -0.15) is 0 Å². The molecule has 8 nitrogen and oxygen atoms in total. The highest BCUT2D eigenvalue weighted by molar-refractivity contribution is 6.02. The number of carbonyl (C=O) groups excluding carboxylic acids is 2. The number of hydrogen-bond acceptors (Lipinski definition) is 6. The summed E-state index contributed by atoms with van der Waals surface area (Å²) in [5, 5.41) is 7.85. The number of aliphatic imine (C=N–C) groups is 1. The van der Waals surface area contributed by atoms with Crippen LogP contribution < -0.4 is 16.0 Å². The number of anilines is 1. The summed E-state index contributed by atoms with van der Waals surface area (Å²) in [4.78, 5) is 28.3. The number of nitrogens with one attached hydrogen (secondary N) is 3. The maximum Gasteiger partial charge on any atom is 0.414 e. The molecule has 0 spiro atoms. The smallest absolute Gasteiger partial charge is 0.414 e. The van der Waals surface area contributed by atoms with Crippen molar-refractivity contribution in [3.8, 4) is 0 Å². The Bertz CT molecular complexity index is 623. The SMILES string of the molecule is CNc1ccc(N=C(NC(=O)OC(C)(C)C)NC(=O)OC(C)(C)C)cc1. The van der Waals surface area contributed by atoms with Crippen molar-refractivity contribution in [2.45, 2.75) is 52.7 Å². The molecule has 0 aromatic heterocycles. The summed E-state index contributed by atoms with van der Waals surface area (Å²) in [6, 6.07) is 7.10. The number of amides is 2. The molecule has 144 valence electrons. The molecule has 1 aromatic rings. The Kier molecular flexibility index (Phi) is 7.00. The minimum absolute atomic E-state index is 0.0919. The van der Waals surface area contributed by atoms with E-state index in [2.05, 4.69) is 20.9 Å². The number of rotatable bonds is 2. The van der Waals surface area contributed by atoms with E-state index in [1.165, 1.54) is 0 Å². The summed E-state index contributed by atoms with van der Waals surface area (Å²) in [5.41, 5.74) is 0.0716. The highest BCUT2D eigenvalue weighted by Gasteiger charge is 2.21. The van der Waals surface area contributed by atoms with Gasteiger partial charge in [0.05, 0.1) is 5.69 Å². The summed E-state index contributed by atoms with van der Waals surface area (Å²) >= 11 is 0. The van der Waals surface area contributed by atoms with Crippen LogP contribution in [0, 0.1) is 0 Å². The van der Waals surface area contributed by atoms with Crippen molar-refractivity contribution >= 4 is 29.5 Å². The lowest BCUT2D eigenvalue weighted by Gasteiger charge is -2.22. The molecule has 1 aromatic carbocycles. The summed E-state index contributed by atoms with van der Waals surface area (Å²) < 4.78 is 10.4. The monoisotopic (exact) mass is 364 g/mol. The average molecular weight is 364 g/mol. The Morgan fingerprint density at radius 3 is 1.62 bits per heavy atom. The van der Waals surface area contributed by atoms with E-state index in [1.54, 1.807) is 60.7 Å². The van der Waals surface area contributed by atoms with Crippen molar-refractivity contribution in [2.75, 3.05) is 12.4 Å². The van der Waals surface area contributed by atoms with Gasteiger partial charge in [-0.15, -0.1) is 0 Å². The lowest BCUT2D eigenvalue weighted by atomic mass is 10.2. The third-order valence-electron chi connectivity index (χ3n) is 2.64. The third kappa shape index (κ3) is 8.91. The van der Waals surface area contributed by atoms with Crippen LogP contribution in [0.4, 0.5) is 21.0 Å². The van der Waals surface area contributed by atoms with Crippen molar-refractivity contribution in [2.24, 2.45) is 4.99 Å². The molecule has 0 aliphatic rings. The average Bonchev–Trinajstić information content (AvgIpc) is 2.43. The van der Waals surface area contributed by atoms with Crippen molar-refractivity contribution < 1.29 is 19.1 Å². The number of ether oxygens (including phenoxy) is 2. The first-order valence-corrected chi connectivity index (χ1v) is 8.24. The predicted octanol–water partition coefficient (Wildman–Crippen LogP) is 3.77. The molecule has 26 heavy (non-hydrogen) atoms. The van der Waals surface area contributed by atoms with E-state index in [0.29, 0.717) is 5.69 Å². The molecular formula is C18H28N4O4. The second-order valence-corrected chi connectivity index (χ2v) is 7.51. The van der Waals surface area contributed by atoms with E-state index in [-0.39, 0.29) is 5.96 Å². The van der Waals surface area contributed by atoms with E-state index in [1.807, 2.05) is 12.1 Å². The molecule has 8 heteroatoms. The normalized spacial score (nSPS) is 11.2. The van der Waals surface area contributed by atoms with E-state index in [0.717, 1.165) is 5.69 Å². The molecule has 0 aliphatic carbocycles. The fourth-order valence-electron chi connectivity index (χ4n) is 1.72. The molecule has 0 atom stereocenters. The zero-order valence-electron chi connectivity index (χ0n) is 16.4. The van der Waals surface area contributed by atoms with Gasteiger partial charge in [-0.05, 0) is 65.8 Å². The van der Waals surface area contributed by atoms with Gasteiger partial charge in [0.15, 0.2) is 0 Å². The zero-order chi connectivity index (χ0) is 20.0. The molecule has 0 bridgehead atoms. The zero-order valence-corrected chi connectivity index (χ0v) is 16.4. The van der Waals surface area contributed by atoms with Crippen LogP contribution in [0.3, 0.4) is 0 Å². The number of benzene rings is 1. The van der Waals surface area contributed by atoms with Crippen LogP contribution in [0.2, 0.25) is 0 Å². The number of nitrogens with zero attached hydrogens (tertiary/aromatic N) is 1. The topological polar surface area (TPSA) is 101 Å². The Labute approximate surface area is 154 Å². The fourth-order valence-corrected chi connectivity index (χ4v) is 1.72. The van der Waals surface area contributed by atoms with Gasteiger partial charge in [0.25, 0.3) is 0 Å². The first-order chi connectivity index (χ1) is 11.9. The number of hydrogen-bond donors (Lipinski definition) is 3. The first kappa shape index (κ1) is 21.3. The lowest BCUT2D eigenvalue weighted by molar-refractivity contribution is 0.0545. The van der Waals surface area contributed by atoms with E-state index < -0.39 is 23.4 Å². The first-order valence-electron chi connectivity index (χ1n) is 8.24. The maximum absolute atomic E-state index is 12.0. The third-order valence-corrected chi connectivity index (χ3v) is 2.64. The molecule has 0 heterocycles. The fraction of sp³-hybridized carbons (Fsp3) is 0.500. The molecule has 0 unspecified atom stereocenters. The highest BCUT2D eigenvalue weighted by Crippen LogP contribution is 2.16. The van der Waals surface area contributed by atoms with Gasteiger partial charge in [0.2, 0.25) is 5.96 Å². The van der Waals surface area contributed by atoms with Gasteiger partial charge in [0.1, 0.15) is 11.2 Å². The van der Waals surface area contributed by atoms with Gasteiger partial charge in [-0.3, -0.25) is 10.6 Å².